The summed E-state index contributed by atoms with van der Waals surface area (Å²) in [7, 11) is 0. The first-order chi connectivity index (χ1) is 7.15. The number of hydrogen-bond donors (Lipinski definition) is 1. The summed E-state index contributed by atoms with van der Waals surface area (Å²) >= 11 is 5.96. The molecule has 15 heavy (non-hydrogen) atoms. The molecule has 0 spiro atoms. The van der Waals surface area contributed by atoms with Crippen LogP contribution < -0.4 is 0 Å². The predicted molar refractivity (Wildman–Crippen MR) is 57.9 cm³/mol. The highest BCUT2D eigenvalue weighted by Crippen LogP contribution is 2.24. The van der Waals surface area contributed by atoms with Crippen molar-refractivity contribution in [3.05, 3.63) is 34.9 Å². The fourth-order valence-electron chi connectivity index (χ4n) is 1.26. The minimum absolute atomic E-state index is 0.100. The molecule has 82 valence electrons. The van der Waals surface area contributed by atoms with Crippen LogP contribution in [-0.4, -0.2) is 24.3 Å². The molecule has 0 heterocycles. The highest BCUT2D eigenvalue weighted by molar-refractivity contribution is 6.31. The summed E-state index contributed by atoms with van der Waals surface area (Å²) < 4.78 is 4.85. The zero-order chi connectivity index (χ0) is 11.3. The standard InChI is InChI=1S/C11H13ClO3/c1-8(14)15-7-9(6-13)10-4-2-3-5-11(10)12/h2-5,9,13H,6-7H2,1H3/t9-/m1/s1. The Morgan fingerprint density at radius 1 is 1.53 bits per heavy atom. The largest absolute Gasteiger partial charge is 0.465 e. The number of aliphatic hydroxyl groups excluding tert-OH is 1. The molecule has 0 aliphatic rings. The maximum atomic E-state index is 10.6. The summed E-state index contributed by atoms with van der Waals surface area (Å²) in [6, 6.07) is 7.20. The third-order valence-corrected chi connectivity index (χ3v) is 2.40. The average Bonchev–Trinajstić information content (AvgIpc) is 2.21. The second-order valence-electron chi connectivity index (χ2n) is 3.20. The molecular weight excluding hydrogens is 216 g/mol. The Labute approximate surface area is 93.6 Å². The number of rotatable bonds is 4. The van der Waals surface area contributed by atoms with Gasteiger partial charge < -0.3 is 9.84 Å². The van der Waals surface area contributed by atoms with Gasteiger partial charge in [-0.1, -0.05) is 29.8 Å². The van der Waals surface area contributed by atoms with E-state index in [9.17, 15) is 4.79 Å². The van der Waals surface area contributed by atoms with Crippen LogP contribution in [0.2, 0.25) is 5.02 Å². The highest BCUT2D eigenvalue weighted by Gasteiger charge is 2.14. The smallest absolute Gasteiger partial charge is 0.302 e. The Morgan fingerprint density at radius 2 is 2.20 bits per heavy atom. The van der Waals surface area contributed by atoms with Crippen LogP contribution in [-0.2, 0) is 9.53 Å². The van der Waals surface area contributed by atoms with E-state index in [1.54, 1.807) is 6.07 Å². The fourth-order valence-corrected chi connectivity index (χ4v) is 1.55. The van der Waals surface area contributed by atoms with Gasteiger partial charge in [-0.3, -0.25) is 4.79 Å². The minimum atomic E-state index is -0.361. The second kappa shape index (κ2) is 5.73. The summed E-state index contributed by atoms with van der Waals surface area (Å²) in [6.45, 7) is 1.38. The average molecular weight is 229 g/mol. The van der Waals surface area contributed by atoms with Gasteiger partial charge in [0.25, 0.3) is 0 Å². The van der Waals surface area contributed by atoms with Gasteiger partial charge in [-0.15, -0.1) is 0 Å². The van der Waals surface area contributed by atoms with E-state index >= 15 is 0 Å². The molecule has 1 aromatic rings. The van der Waals surface area contributed by atoms with Gasteiger partial charge in [0.05, 0.1) is 6.61 Å². The lowest BCUT2D eigenvalue weighted by Crippen LogP contribution is -2.14. The van der Waals surface area contributed by atoms with Gasteiger partial charge in [0.2, 0.25) is 0 Å². The second-order valence-corrected chi connectivity index (χ2v) is 3.61. The summed E-state index contributed by atoms with van der Waals surface area (Å²) in [4.78, 5) is 10.6. The van der Waals surface area contributed by atoms with Crippen LogP contribution in [0.1, 0.15) is 18.4 Å². The number of carbonyl (C=O) groups is 1. The van der Waals surface area contributed by atoms with Gasteiger partial charge in [0, 0.05) is 17.9 Å². The van der Waals surface area contributed by atoms with Crippen LogP contribution in [0.3, 0.4) is 0 Å². The lowest BCUT2D eigenvalue weighted by Gasteiger charge is -2.15. The number of carbonyl (C=O) groups excluding carboxylic acids is 1. The molecule has 0 saturated heterocycles. The molecule has 0 amide bonds. The zero-order valence-electron chi connectivity index (χ0n) is 8.44. The Morgan fingerprint density at radius 3 is 2.73 bits per heavy atom. The van der Waals surface area contributed by atoms with Gasteiger partial charge in [0.1, 0.15) is 6.61 Å². The van der Waals surface area contributed by atoms with Gasteiger partial charge in [-0.25, -0.2) is 0 Å². The van der Waals surface area contributed by atoms with Crippen LogP contribution >= 0.6 is 11.6 Å². The molecule has 3 nitrogen and oxygen atoms in total. The maximum absolute atomic E-state index is 10.6. The highest BCUT2D eigenvalue weighted by atomic mass is 35.5. The van der Waals surface area contributed by atoms with E-state index in [1.807, 2.05) is 18.2 Å². The summed E-state index contributed by atoms with van der Waals surface area (Å²) in [5, 5.41) is 9.74. The van der Waals surface area contributed by atoms with Crippen molar-refractivity contribution in [1.82, 2.24) is 0 Å². The third kappa shape index (κ3) is 3.53. The van der Waals surface area contributed by atoms with E-state index in [-0.39, 0.29) is 25.1 Å². The van der Waals surface area contributed by atoms with Crippen LogP contribution in [0.25, 0.3) is 0 Å². The first kappa shape index (κ1) is 12.0. The number of benzene rings is 1. The van der Waals surface area contributed by atoms with Crippen molar-refractivity contribution in [1.29, 1.82) is 0 Å². The SMILES string of the molecule is CC(=O)OC[C@@H](CO)c1ccccc1Cl. The van der Waals surface area contributed by atoms with Gasteiger partial charge >= 0.3 is 5.97 Å². The van der Waals surface area contributed by atoms with Crippen LogP contribution in [0.5, 0.6) is 0 Å². The van der Waals surface area contributed by atoms with Crippen molar-refractivity contribution in [2.75, 3.05) is 13.2 Å². The molecular formula is C11H13ClO3. The topological polar surface area (TPSA) is 46.5 Å². The van der Waals surface area contributed by atoms with Crippen LogP contribution in [0.15, 0.2) is 24.3 Å². The number of ether oxygens (including phenoxy) is 1. The molecule has 0 bridgehead atoms. The minimum Gasteiger partial charge on any atom is -0.465 e. The maximum Gasteiger partial charge on any atom is 0.302 e. The molecule has 0 aliphatic carbocycles. The molecule has 0 saturated carbocycles. The van der Waals surface area contributed by atoms with Crippen molar-refractivity contribution in [3.8, 4) is 0 Å². The number of esters is 1. The molecule has 0 aliphatic heterocycles. The number of halogens is 1. The zero-order valence-corrected chi connectivity index (χ0v) is 9.20. The molecule has 0 unspecified atom stereocenters. The predicted octanol–water partition coefficient (Wildman–Crippen LogP) is 1.98. The van der Waals surface area contributed by atoms with E-state index in [0.29, 0.717) is 5.02 Å². The lowest BCUT2D eigenvalue weighted by molar-refractivity contribution is -0.141. The van der Waals surface area contributed by atoms with Crippen molar-refractivity contribution in [2.24, 2.45) is 0 Å². The van der Waals surface area contributed by atoms with E-state index in [4.69, 9.17) is 21.4 Å². The Kier molecular flexibility index (Phi) is 4.59. The molecule has 0 fully saturated rings. The van der Waals surface area contributed by atoms with Crippen molar-refractivity contribution in [3.63, 3.8) is 0 Å². The molecule has 1 N–H and O–H groups in total. The Bertz CT molecular complexity index is 338. The first-order valence-corrected chi connectivity index (χ1v) is 5.01. The summed E-state index contributed by atoms with van der Waals surface area (Å²) in [5.41, 5.74) is 0.794. The van der Waals surface area contributed by atoms with E-state index in [1.165, 1.54) is 6.92 Å². The van der Waals surface area contributed by atoms with Gasteiger partial charge in [0.15, 0.2) is 0 Å². The Hall–Kier alpha value is -1.06. The quantitative estimate of drug-likeness (QED) is 0.802. The number of hydrogen-bond acceptors (Lipinski definition) is 3. The monoisotopic (exact) mass is 228 g/mol. The fraction of sp³-hybridized carbons (Fsp3) is 0.364. The van der Waals surface area contributed by atoms with Gasteiger partial charge in [-0.05, 0) is 11.6 Å². The van der Waals surface area contributed by atoms with Crippen LogP contribution in [0.4, 0.5) is 0 Å². The molecule has 1 atom stereocenters. The van der Waals surface area contributed by atoms with Gasteiger partial charge in [-0.2, -0.15) is 0 Å². The summed E-state index contributed by atoms with van der Waals surface area (Å²) in [6.07, 6.45) is 0. The van der Waals surface area contributed by atoms with Crippen molar-refractivity contribution in [2.45, 2.75) is 12.8 Å². The first-order valence-electron chi connectivity index (χ1n) is 4.63. The van der Waals surface area contributed by atoms with Crippen molar-refractivity contribution < 1.29 is 14.6 Å². The van der Waals surface area contributed by atoms with E-state index in [0.717, 1.165) is 5.56 Å². The van der Waals surface area contributed by atoms with E-state index < -0.39 is 0 Å². The number of aliphatic hydroxyl groups is 1. The molecule has 0 radical (unpaired) electrons. The molecule has 1 aromatic carbocycles. The molecule has 1 rings (SSSR count). The van der Waals surface area contributed by atoms with E-state index in [2.05, 4.69) is 0 Å². The summed E-state index contributed by atoms with van der Waals surface area (Å²) in [5.74, 6) is -0.622. The van der Waals surface area contributed by atoms with Crippen molar-refractivity contribution >= 4 is 17.6 Å². The molecule has 0 aromatic heterocycles. The third-order valence-electron chi connectivity index (χ3n) is 2.05. The Balaban J connectivity index is 2.74. The van der Waals surface area contributed by atoms with Crippen LogP contribution in [0, 0.1) is 0 Å². The normalized spacial score (nSPS) is 12.2. The lowest BCUT2D eigenvalue weighted by atomic mass is 10.0. The molecule has 4 heteroatoms.